The van der Waals surface area contributed by atoms with Gasteiger partial charge in [0.2, 0.25) is 5.95 Å². The lowest BCUT2D eigenvalue weighted by Gasteiger charge is -2.11. The number of imidazole rings is 1. The monoisotopic (exact) mass is 303 g/mol. The molecule has 7 heteroatoms. The van der Waals surface area contributed by atoms with Gasteiger partial charge in [0, 0.05) is 0 Å². The number of aromatic nitrogens is 2. The van der Waals surface area contributed by atoms with E-state index < -0.39 is 6.09 Å². The zero-order chi connectivity index (χ0) is 15.7. The lowest BCUT2D eigenvalue weighted by molar-refractivity contribution is 0.0295. The van der Waals surface area contributed by atoms with E-state index in [1.807, 2.05) is 6.92 Å². The van der Waals surface area contributed by atoms with Gasteiger partial charge in [0.15, 0.2) is 0 Å². The van der Waals surface area contributed by atoms with Crippen molar-refractivity contribution in [1.82, 2.24) is 9.97 Å². The Labute approximate surface area is 127 Å². The van der Waals surface area contributed by atoms with Crippen molar-refractivity contribution in [3.63, 3.8) is 0 Å². The minimum absolute atomic E-state index is 0.0542. The van der Waals surface area contributed by atoms with Crippen LogP contribution in [0.15, 0.2) is 18.2 Å². The molecule has 2 aromatic rings. The molecule has 0 spiro atoms. The molecule has 0 saturated heterocycles. The Hall–Kier alpha value is -2.57. The van der Waals surface area contributed by atoms with Crippen LogP contribution in [0.25, 0.3) is 11.0 Å². The number of anilines is 1. The molecule has 0 aliphatic heterocycles. The molecular formula is C15H17N3O4. The van der Waals surface area contributed by atoms with Gasteiger partial charge in [-0.25, -0.2) is 14.6 Å². The van der Waals surface area contributed by atoms with Crippen LogP contribution in [0.2, 0.25) is 0 Å². The average molecular weight is 303 g/mol. The number of nitrogens with one attached hydrogen (secondary N) is 2. The number of rotatable bonds is 4. The molecule has 2 N–H and O–H groups in total. The van der Waals surface area contributed by atoms with Gasteiger partial charge < -0.3 is 14.5 Å². The molecule has 1 heterocycles. The molecule has 3 rings (SSSR count). The Morgan fingerprint density at radius 1 is 1.41 bits per heavy atom. The van der Waals surface area contributed by atoms with Gasteiger partial charge in [0.1, 0.15) is 6.10 Å². The zero-order valence-corrected chi connectivity index (χ0v) is 12.4. The zero-order valence-electron chi connectivity index (χ0n) is 12.4. The summed E-state index contributed by atoms with van der Waals surface area (Å²) in [6.07, 6.45) is 1.58. The molecule has 1 aromatic carbocycles. The van der Waals surface area contributed by atoms with Crippen molar-refractivity contribution in [3.8, 4) is 0 Å². The van der Waals surface area contributed by atoms with Crippen molar-refractivity contribution < 1.29 is 19.1 Å². The number of benzene rings is 1. The molecule has 1 fully saturated rings. The Bertz CT molecular complexity index is 721. The van der Waals surface area contributed by atoms with Crippen LogP contribution in [0, 0.1) is 5.92 Å². The normalized spacial score (nSPS) is 15.4. The van der Waals surface area contributed by atoms with E-state index in [9.17, 15) is 9.59 Å². The highest BCUT2D eigenvalue weighted by molar-refractivity contribution is 5.94. The highest BCUT2D eigenvalue weighted by Gasteiger charge is 2.30. The minimum atomic E-state index is -0.614. The van der Waals surface area contributed by atoms with E-state index in [4.69, 9.17) is 4.74 Å². The second kappa shape index (κ2) is 5.67. The third kappa shape index (κ3) is 3.03. The second-order valence-corrected chi connectivity index (χ2v) is 5.38. The number of nitrogens with zero attached hydrogens (tertiary/aromatic N) is 1. The summed E-state index contributed by atoms with van der Waals surface area (Å²) in [7, 11) is 1.27. The molecular weight excluding hydrogens is 286 g/mol. The standard InChI is InChI=1S/C15H17N3O4/c1-8(9-3-4-9)22-13(19)10-5-6-11-12(7-10)17-14(16-11)18-15(20)21-2/h5-9H,3-4H2,1-2H3,(H2,16,17,18,20). The number of esters is 1. The first-order valence-corrected chi connectivity index (χ1v) is 7.12. The molecule has 7 nitrogen and oxygen atoms in total. The number of carbonyl (C=O) groups is 2. The first kappa shape index (κ1) is 14.4. The van der Waals surface area contributed by atoms with Gasteiger partial charge in [0.25, 0.3) is 0 Å². The van der Waals surface area contributed by atoms with Crippen LogP contribution < -0.4 is 5.32 Å². The number of amides is 1. The largest absolute Gasteiger partial charge is 0.459 e. The summed E-state index contributed by atoms with van der Waals surface area (Å²) in [5.41, 5.74) is 1.73. The summed E-state index contributed by atoms with van der Waals surface area (Å²) in [5, 5.41) is 2.44. The number of ether oxygens (including phenoxy) is 2. The summed E-state index contributed by atoms with van der Waals surface area (Å²) in [5.74, 6) is 0.410. The van der Waals surface area contributed by atoms with Crippen LogP contribution >= 0.6 is 0 Å². The maximum absolute atomic E-state index is 12.1. The maximum atomic E-state index is 12.1. The van der Waals surface area contributed by atoms with Crippen LogP contribution in [-0.2, 0) is 9.47 Å². The summed E-state index contributed by atoms with van der Waals surface area (Å²) in [6.45, 7) is 1.92. The fraction of sp³-hybridized carbons (Fsp3) is 0.400. The fourth-order valence-corrected chi connectivity index (χ4v) is 2.24. The molecule has 1 aliphatic carbocycles. The molecule has 1 aliphatic rings. The maximum Gasteiger partial charge on any atom is 0.413 e. The lowest BCUT2D eigenvalue weighted by Crippen LogP contribution is -2.16. The predicted molar refractivity (Wildman–Crippen MR) is 79.7 cm³/mol. The summed E-state index contributed by atoms with van der Waals surface area (Å²) in [4.78, 5) is 30.4. The van der Waals surface area contributed by atoms with E-state index >= 15 is 0 Å². The quantitative estimate of drug-likeness (QED) is 0.847. The van der Waals surface area contributed by atoms with Gasteiger partial charge in [-0.15, -0.1) is 0 Å². The third-order valence-electron chi connectivity index (χ3n) is 3.70. The Kier molecular flexibility index (Phi) is 3.70. The number of hydrogen-bond acceptors (Lipinski definition) is 5. The molecule has 1 aromatic heterocycles. The van der Waals surface area contributed by atoms with Gasteiger partial charge in [-0.1, -0.05) is 0 Å². The summed E-state index contributed by atoms with van der Waals surface area (Å²) in [6, 6.07) is 5.02. The molecule has 1 unspecified atom stereocenters. The van der Waals surface area contributed by atoms with E-state index in [2.05, 4.69) is 20.0 Å². The molecule has 1 atom stereocenters. The van der Waals surface area contributed by atoms with Gasteiger partial charge in [0.05, 0.1) is 23.7 Å². The van der Waals surface area contributed by atoms with Crippen molar-refractivity contribution in [2.75, 3.05) is 12.4 Å². The highest BCUT2D eigenvalue weighted by Crippen LogP contribution is 2.34. The first-order valence-electron chi connectivity index (χ1n) is 7.12. The van der Waals surface area contributed by atoms with Gasteiger partial charge in [-0.2, -0.15) is 0 Å². The Morgan fingerprint density at radius 3 is 2.86 bits per heavy atom. The van der Waals surface area contributed by atoms with Crippen molar-refractivity contribution in [3.05, 3.63) is 23.8 Å². The summed E-state index contributed by atoms with van der Waals surface area (Å²) >= 11 is 0. The first-order chi connectivity index (χ1) is 10.6. The Morgan fingerprint density at radius 2 is 2.18 bits per heavy atom. The topological polar surface area (TPSA) is 93.3 Å². The average Bonchev–Trinajstić information content (AvgIpc) is 3.27. The predicted octanol–water partition coefficient (Wildman–Crippen LogP) is 2.70. The molecule has 1 saturated carbocycles. The number of fused-ring (bicyclic) bond motifs is 1. The summed E-state index contributed by atoms with van der Waals surface area (Å²) < 4.78 is 9.94. The highest BCUT2D eigenvalue weighted by atomic mass is 16.5. The number of hydrogen-bond donors (Lipinski definition) is 2. The van der Waals surface area contributed by atoms with Crippen LogP contribution in [0.3, 0.4) is 0 Å². The molecule has 116 valence electrons. The van der Waals surface area contributed by atoms with Crippen LogP contribution in [0.5, 0.6) is 0 Å². The number of aromatic amines is 1. The van der Waals surface area contributed by atoms with Crippen LogP contribution in [0.4, 0.5) is 10.7 Å². The number of H-pyrrole nitrogens is 1. The van der Waals surface area contributed by atoms with Gasteiger partial charge in [-0.05, 0) is 43.9 Å². The third-order valence-corrected chi connectivity index (χ3v) is 3.70. The fourth-order valence-electron chi connectivity index (χ4n) is 2.24. The molecule has 0 radical (unpaired) electrons. The minimum Gasteiger partial charge on any atom is -0.459 e. The van der Waals surface area contributed by atoms with Crippen LogP contribution in [-0.4, -0.2) is 35.2 Å². The van der Waals surface area contributed by atoms with Crippen molar-refractivity contribution in [2.45, 2.75) is 25.9 Å². The lowest BCUT2D eigenvalue weighted by atomic mass is 10.2. The van der Waals surface area contributed by atoms with E-state index in [0.29, 0.717) is 22.5 Å². The van der Waals surface area contributed by atoms with E-state index in [1.54, 1.807) is 18.2 Å². The van der Waals surface area contributed by atoms with Crippen molar-refractivity contribution in [1.29, 1.82) is 0 Å². The van der Waals surface area contributed by atoms with Crippen molar-refractivity contribution in [2.24, 2.45) is 5.92 Å². The van der Waals surface area contributed by atoms with E-state index in [-0.39, 0.29) is 18.0 Å². The van der Waals surface area contributed by atoms with E-state index in [1.165, 1.54) is 7.11 Å². The van der Waals surface area contributed by atoms with Gasteiger partial charge in [-0.3, -0.25) is 5.32 Å². The molecule has 22 heavy (non-hydrogen) atoms. The van der Waals surface area contributed by atoms with E-state index in [0.717, 1.165) is 12.8 Å². The van der Waals surface area contributed by atoms with Gasteiger partial charge >= 0.3 is 12.1 Å². The van der Waals surface area contributed by atoms with Crippen molar-refractivity contribution >= 4 is 29.0 Å². The second-order valence-electron chi connectivity index (χ2n) is 5.38. The number of methoxy groups -OCH3 is 1. The Balaban J connectivity index is 1.76. The molecule has 0 bridgehead atoms. The SMILES string of the molecule is COC(=O)Nc1nc2ccc(C(=O)OC(C)C3CC3)cc2[nH]1. The smallest absolute Gasteiger partial charge is 0.413 e. The number of carbonyl (C=O) groups excluding carboxylic acids is 2. The molecule has 1 amide bonds. The van der Waals surface area contributed by atoms with Crippen LogP contribution in [0.1, 0.15) is 30.1 Å².